The highest BCUT2D eigenvalue weighted by atomic mass is 79.9. The lowest BCUT2D eigenvalue weighted by molar-refractivity contribution is -0.133. The minimum atomic E-state index is -0.444. The van der Waals surface area contributed by atoms with Crippen LogP contribution in [0, 0.1) is 0 Å². The summed E-state index contributed by atoms with van der Waals surface area (Å²) in [4.78, 5) is 35.5. The molecule has 0 bridgehead atoms. The maximum absolute atomic E-state index is 12.3. The molecule has 0 radical (unpaired) electrons. The van der Waals surface area contributed by atoms with Crippen molar-refractivity contribution in [2.75, 3.05) is 14.2 Å². The molecule has 0 saturated carbocycles. The first kappa shape index (κ1) is 20.9. The summed E-state index contributed by atoms with van der Waals surface area (Å²) in [5.41, 5.74) is 1.41. The third kappa shape index (κ3) is 5.18. The Morgan fingerprint density at radius 3 is 2.41 bits per heavy atom. The molecule has 2 amide bonds. The van der Waals surface area contributed by atoms with Gasteiger partial charge < -0.3 is 14.2 Å². The standard InChI is InChI=1S/C20H16BrNO6S/c1-26-15-6-4-12(8-16(15)27-2)10-18(23)28-14-5-3-11(7-13(14)21)9-17-19(24)22-20(25)29-17/h3-9H,10H2,1-2H3,(H,22,24,25). The summed E-state index contributed by atoms with van der Waals surface area (Å²) in [6, 6.07) is 10.2. The Bertz CT molecular complexity index is 1020. The number of methoxy groups -OCH3 is 2. The van der Waals surface area contributed by atoms with E-state index in [0.29, 0.717) is 32.2 Å². The maximum atomic E-state index is 12.3. The topological polar surface area (TPSA) is 90.9 Å². The Balaban J connectivity index is 1.69. The molecule has 1 aliphatic heterocycles. The van der Waals surface area contributed by atoms with Crippen LogP contribution >= 0.6 is 27.7 Å². The molecule has 2 aromatic rings. The average molecular weight is 478 g/mol. The number of amides is 2. The SMILES string of the molecule is COc1ccc(CC(=O)Oc2ccc(C=C3SC(=O)NC3=O)cc2Br)cc1OC. The van der Waals surface area contributed by atoms with E-state index in [-0.39, 0.29) is 6.42 Å². The first-order chi connectivity index (χ1) is 13.9. The Labute approximate surface area is 179 Å². The minimum Gasteiger partial charge on any atom is -0.493 e. The number of halogens is 1. The van der Waals surface area contributed by atoms with Gasteiger partial charge in [0.1, 0.15) is 5.75 Å². The lowest BCUT2D eigenvalue weighted by Gasteiger charge is -2.10. The molecule has 150 valence electrons. The van der Waals surface area contributed by atoms with Crippen molar-refractivity contribution in [3.05, 3.63) is 56.9 Å². The van der Waals surface area contributed by atoms with E-state index in [4.69, 9.17) is 14.2 Å². The quantitative estimate of drug-likeness (QED) is 0.382. The van der Waals surface area contributed by atoms with Gasteiger partial charge >= 0.3 is 5.97 Å². The van der Waals surface area contributed by atoms with Gasteiger partial charge in [0.2, 0.25) is 0 Å². The molecular weight excluding hydrogens is 462 g/mol. The largest absolute Gasteiger partial charge is 0.493 e. The average Bonchev–Trinajstić information content (AvgIpc) is 3.00. The van der Waals surface area contributed by atoms with E-state index in [2.05, 4.69) is 21.2 Å². The Morgan fingerprint density at radius 2 is 1.79 bits per heavy atom. The van der Waals surface area contributed by atoms with E-state index >= 15 is 0 Å². The number of hydrogen-bond donors (Lipinski definition) is 1. The fourth-order valence-electron chi connectivity index (χ4n) is 2.58. The highest BCUT2D eigenvalue weighted by Gasteiger charge is 2.25. The lowest BCUT2D eigenvalue weighted by Crippen LogP contribution is -2.17. The summed E-state index contributed by atoms with van der Waals surface area (Å²) < 4.78 is 16.4. The van der Waals surface area contributed by atoms with Crippen LogP contribution in [0.2, 0.25) is 0 Å². The van der Waals surface area contributed by atoms with Crippen LogP contribution in [0.3, 0.4) is 0 Å². The molecule has 1 fully saturated rings. The molecule has 2 aromatic carbocycles. The van der Waals surface area contributed by atoms with Crippen molar-refractivity contribution in [1.82, 2.24) is 5.32 Å². The summed E-state index contributed by atoms with van der Waals surface area (Å²) in [6.45, 7) is 0. The number of ether oxygens (including phenoxy) is 3. The highest BCUT2D eigenvalue weighted by molar-refractivity contribution is 9.10. The van der Waals surface area contributed by atoms with Gasteiger partial charge in [-0.3, -0.25) is 19.7 Å². The van der Waals surface area contributed by atoms with Crippen molar-refractivity contribution in [2.24, 2.45) is 0 Å². The van der Waals surface area contributed by atoms with E-state index in [0.717, 1.165) is 17.3 Å². The smallest absolute Gasteiger partial charge is 0.315 e. The Morgan fingerprint density at radius 1 is 1.07 bits per heavy atom. The number of carbonyl (C=O) groups excluding carboxylic acids is 3. The van der Waals surface area contributed by atoms with Gasteiger partial charge in [-0.15, -0.1) is 0 Å². The van der Waals surface area contributed by atoms with Crippen molar-refractivity contribution in [2.45, 2.75) is 6.42 Å². The van der Waals surface area contributed by atoms with E-state index in [1.165, 1.54) is 7.11 Å². The van der Waals surface area contributed by atoms with Crippen LogP contribution in [-0.2, 0) is 16.0 Å². The zero-order chi connectivity index (χ0) is 21.0. The van der Waals surface area contributed by atoms with Crippen molar-refractivity contribution >= 4 is 50.9 Å². The molecule has 0 aromatic heterocycles. The van der Waals surface area contributed by atoms with Gasteiger partial charge in [-0.05, 0) is 69.2 Å². The van der Waals surface area contributed by atoms with Crippen molar-refractivity contribution < 1.29 is 28.6 Å². The molecule has 9 heteroatoms. The van der Waals surface area contributed by atoms with Crippen LogP contribution < -0.4 is 19.5 Å². The van der Waals surface area contributed by atoms with Gasteiger partial charge in [-0.1, -0.05) is 12.1 Å². The first-order valence-corrected chi connectivity index (χ1v) is 9.96. The summed E-state index contributed by atoms with van der Waals surface area (Å²) in [6.07, 6.45) is 1.64. The molecule has 3 rings (SSSR count). The van der Waals surface area contributed by atoms with Gasteiger partial charge in [0.05, 0.1) is 30.0 Å². The first-order valence-electron chi connectivity index (χ1n) is 8.35. The Hall–Kier alpha value is -2.78. The third-order valence-corrected chi connectivity index (χ3v) is 5.35. The second-order valence-electron chi connectivity index (χ2n) is 5.88. The second kappa shape index (κ2) is 9.15. The van der Waals surface area contributed by atoms with Crippen LogP contribution in [0.25, 0.3) is 6.08 Å². The Kier molecular flexibility index (Phi) is 6.60. The fourth-order valence-corrected chi connectivity index (χ4v) is 3.74. The fraction of sp³-hybridized carbons (Fsp3) is 0.150. The van der Waals surface area contributed by atoms with Gasteiger partial charge in [0.15, 0.2) is 11.5 Å². The maximum Gasteiger partial charge on any atom is 0.315 e. The zero-order valence-electron chi connectivity index (χ0n) is 15.5. The molecule has 0 atom stereocenters. The molecular formula is C20H16BrNO6S. The molecule has 29 heavy (non-hydrogen) atoms. The van der Waals surface area contributed by atoms with Gasteiger partial charge in [0, 0.05) is 0 Å². The molecule has 1 aliphatic rings. The molecule has 1 N–H and O–H groups in total. The lowest BCUT2D eigenvalue weighted by atomic mass is 10.1. The molecule has 0 unspecified atom stereocenters. The van der Waals surface area contributed by atoms with Gasteiger partial charge in [0.25, 0.3) is 11.1 Å². The van der Waals surface area contributed by atoms with E-state index < -0.39 is 17.1 Å². The van der Waals surface area contributed by atoms with Crippen LogP contribution in [0.1, 0.15) is 11.1 Å². The molecule has 0 aliphatic carbocycles. The van der Waals surface area contributed by atoms with Crippen LogP contribution in [0.5, 0.6) is 17.2 Å². The van der Waals surface area contributed by atoms with Crippen LogP contribution in [0.4, 0.5) is 4.79 Å². The number of benzene rings is 2. The number of hydrogen-bond acceptors (Lipinski definition) is 7. The highest BCUT2D eigenvalue weighted by Crippen LogP contribution is 2.31. The second-order valence-corrected chi connectivity index (χ2v) is 7.75. The van der Waals surface area contributed by atoms with E-state index in [1.54, 1.807) is 49.6 Å². The number of rotatable bonds is 6. The van der Waals surface area contributed by atoms with Crippen LogP contribution in [-0.4, -0.2) is 31.3 Å². The van der Waals surface area contributed by atoms with Crippen LogP contribution in [0.15, 0.2) is 45.8 Å². The predicted octanol–water partition coefficient (Wildman–Crippen LogP) is 3.94. The number of carbonyl (C=O) groups is 3. The number of esters is 1. The normalized spacial score (nSPS) is 14.7. The molecule has 1 saturated heterocycles. The summed E-state index contributed by atoms with van der Waals surface area (Å²) in [7, 11) is 3.07. The van der Waals surface area contributed by atoms with E-state index in [9.17, 15) is 14.4 Å². The molecule has 7 nitrogen and oxygen atoms in total. The monoisotopic (exact) mass is 477 g/mol. The number of nitrogens with one attached hydrogen (secondary N) is 1. The van der Waals surface area contributed by atoms with Crippen molar-refractivity contribution in [3.63, 3.8) is 0 Å². The zero-order valence-corrected chi connectivity index (χ0v) is 17.9. The third-order valence-electron chi connectivity index (χ3n) is 3.92. The van der Waals surface area contributed by atoms with Crippen molar-refractivity contribution in [3.8, 4) is 17.2 Å². The van der Waals surface area contributed by atoms with E-state index in [1.807, 2.05) is 0 Å². The molecule has 1 heterocycles. The predicted molar refractivity (Wildman–Crippen MR) is 112 cm³/mol. The summed E-state index contributed by atoms with van der Waals surface area (Å²) >= 11 is 4.20. The summed E-state index contributed by atoms with van der Waals surface area (Å²) in [5, 5.41) is 1.79. The summed E-state index contributed by atoms with van der Waals surface area (Å²) in [5.74, 6) is 0.579. The van der Waals surface area contributed by atoms with Gasteiger partial charge in [-0.25, -0.2) is 0 Å². The van der Waals surface area contributed by atoms with Gasteiger partial charge in [-0.2, -0.15) is 0 Å². The number of thioether (sulfide) groups is 1. The van der Waals surface area contributed by atoms with Crippen molar-refractivity contribution in [1.29, 1.82) is 0 Å². The molecule has 0 spiro atoms. The minimum absolute atomic E-state index is 0.0531. The number of imide groups is 1.